The zero-order valence-corrected chi connectivity index (χ0v) is 15.8. The van der Waals surface area contributed by atoms with Gasteiger partial charge in [-0.05, 0) is 30.9 Å². The van der Waals surface area contributed by atoms with E-state index in [0.717, 1.165) is 11.1 Å². The minimum absolute atomic E-state index is 0.417. The standard InChI is InChI=1S/C12H14O3.C10H12O2/c1-3-12(10(13)14)11(2,15-12)9-7-5-4-6-8-9;1-2-9(10(11)12)8-6-4-3-5-7-8/h4-8H,3H2,1-2H3,(H,13,14);3-7,9H,2H2,1H3,(H,11,12)/p-2. The summed E-state index contributed by atoms with van der Waals surface area (Å²) >= 11 is 0. The molecule has 1 fully saturated rings. The maximum atomic E-state index is 11.1. The van der Waals surface area contributed by atoms with Gasteiger partial charge in [-0.15, -0.1) is 0 Å². The molecule has 1 heterocycles. The van der Waals surface area contributed by atoms with Gasteiger partial charge in [0.25, 0.3) is 0 Å². The lowest BCUT2D eigenvalue weighted by atomic mass is 9.86. The molecule has 5 nitrogen and oxygen atoms in total. The van der Waals surface area contributed by atoms with Crippen molar-refractivity contribution in [1.29, 1.82) is 0 Å². The second kappa shape index (κ2) is 8.35. The first-order valence-corrected chi connectivity index (χ1v) is 9.05. The van der Waals surface area contributed by atoms with Gasteiger partial charge in [0.1, 0.15) is 11.2 Å². The fraction of sp³-hybridized carbons (Fsp3) is 0.364. The highest BCUT2D eigenvalue weighted by Gasteiger charge is 2.67. The first-order valence-electron chi connectivity index (χ1n) is 9.05. The van der Waals surface area contributed by atoms with Crippen LogP contribution in [0.1, 0.15) is 50.7 Å². The average Bonchev–Trinajstić information content (AvgIpc) is 3.32. The molecule has 1 aliphatic heterocycles. The van der Waals surface area contributed by atoms with Crippen LogP contribution in [-0.4, -0.2) is 17.5 Å². The molecule has 0 aromatic heterocycles. The summed E-state index contributed by atoms with van der Waals surface area (Å²) in [4.78, 5) is 21.7. The van der Waals surface area contributed by atoms with Crippen LogP contribution >= 0.6 is 0 Å². The number of benzene rings is 2. The predicted octanol–water partition coefficient (Wildman–Crippen LogP) is 1.76. The number of carboxylic acids is 2. The molecule has 3 rings (SSSR count). The maximum absolute atomic E-state index is 11.1. The van der Waals surface area contributed by atoms with E-state index in [9.17, 15) is 19.8 Å². The normalized spacial score (nSPS) is 24.3. The minimum Gasteiger partial charge on any atom is -0.549 e. The summed E-state index contributed by atoms with van der Waals surface area (Å²) in [6.45, 7) is 5.43. The lowest BCUT2D eigenvalue weighted by Crippen LogP contribution is -2.42. The average molecular weight is 368 g/mol. The highest BCUT2D eigenvalue weighted by atomic mass is 16.6. The number of aliphatic carboxylic acids is 2. The second-order valence-corrected chi connectivity index (χ2v) is 6.66. The van der Waals surface area contributed by atoms with Crippen molar-refractivity contribution in [3.63, 3.8) is 0 Å². The molecule has 0 saturated carbocycles. The van der Waals surface area contributed by atoms with Crippen molar-refractivity contribution in [3.8, 4) is 0 Å². The summed E-state index contributed by atoms with van der Waals surface area (Å²) < 4.78 is 5.43. The molecule has 0 bridgehead atoms. The minimum atomic E-state index is -1.14. The van der Waals surface area contributed by atoms with Crippen molar-refractivity contribution in [2.24, 2.45) is 0 Å². The number of hydrogen-bond donors (Lipinski definition) is 0. The van der Waals surface area contributed by atoms with Crippen molar-refractivity contribution >= 4 is 11.9 Å². The number of ether oxygens (including phenoxy) is 1. The van der Waals surface area contributed by atoms with E-state index in [1.165, 1.54) is 0 Å². The molecule has 0 spiro atoms. The van der Waals surface area contributed by atoms with Gasteiger partial charge >= 0.3 is 0 Å². The van der Waals surface area contributed by atoms with E-state index in [1.807, 2.05) is 67.6 Å². The zero-order chi connectivity index (χ0) is 20.1. The van der Waals surface area contributed by atoms with Gasteiger partial charge in [0, 0.05) is 11.9 Å². The summed E-state index contributed by atoms with van der Waals surface area (Å²) in [6, 6.07) is 18.5. The van der Waals surface area contributed by atoms with Crippen LogP contribution in [0.15, 0.2) is 60.7 Å². The van der Waals surface area contributed by atoms with Crippen LogP contribution in [0.5, 0.6) is 0 Å². The Balaban J connectivity index is 0.000000199. The Labute approximate surface area is 159 Å². The predicted molar refractivity (Wildman–Crippen MR) is 97.4 cm³/mol. The van der Waals surface area contributed by atoms with Gasteiger partial charge in [-0.2, -0.15) is 0 Å². The largest absolute Gasteiger partial charge is 0.549 e. The van der Waals surface area contributed by atoms with Gasteiger partial charge in [0.15, 0.2) is 0 Å². The molecule has 0 radical (unpaired) electrons. The lowest BCUT2D eigenvalue weighted by molar-refractivity contribution is -0.313. The van der Waals surface area contributed by atoms with Gasteiger partial charge in [-0.3, -0.25) is 0 Å². The third-order valence-corrected chi connectivity index (χ3v) is 5.15. The highest BCUT2D eigenvalue weighted by molar-refractivity contribution is 5.81. The van der Waals surface area contributed by atoms with E-state index in [-0.39, 0.29) is 0 Å². The Morgan fingerprint density at radius 1 is 0.963 bits per heavy atom. The maximum Gasteiger partial charge on any atom is 0.141 e. The number of carboxylic acid groups (broad SMARTS) is 2. The fourth-order valence-corrected chi connectivity index (χ4v) is 3.39. The van der Waals surface area contributed by atoms with Crippen molar-refractivity contribution in [3.05, 3.63) is 71.8 Å². The van der Waals surface area contributed by atoms with E-state index >= 15 is 0 Å². The molecule has 0 N–H and O–H groups in total. The van der Waals surface area contributed by atoms with E-state index in [4.69, 9.17) is 4.74 Å². The number of carbonyl (C=O) groups is 2. The molecule has 144 valence electrons. The van der Waals surface area contributed by atoms with Gasteiger partial charge in [0.05, 0.1) is 5.97 Å². The number of rotatable bonds is 6. The van der Waals surface area contributed by atoms with Gasteiger partial charge in [-0.1, -0.05) is 74.5 Å². The van der Waals surface area contributed by atoms with Crippen LogP contribution in [0.4, 0.5) is 0 Å². The van der Waals surface area contributed by atoms with Gasteiger partial charge < -0.3 is 24.5 Å². The molecular formula is C22H24O5-2. The number of hydrogen-bond acceptors (Lipinski definition) is 5. The smallest absolute Gasteiger partial charge is 0.141 e. The molecule has 1 aliphatic rings. The van der Waals surface area contributed by atoms with Gasteiger partial charge in [0.2, 0.25) is 0 Å². The van der Waals surface area contributed by atoms with E-state index in [2.05, 4.69) is 0 Å². The summed E-state index contributed by atoms with van der Waals surface area (Å²) in [7, 11) is 0. The van der Waals surface area contributed by atoms with E-state index in [1.54, 1.807) is 13.8 Å². The fourth-order valence-electron chi connectivity index (χ4n) is 3.39. The third-order valence-electron chi connectivity index (χ3n) is 5.15. The zero-order valence-electron chi connectivity index (χ0n) is 15.8. The molecule has 3 unspecified atom stereocenters. The summed E-state index contributed by atoms with van der Waals surface area (Å²) in [6.07, 6.45) is 0.993. The molecule has 2 aromatic rings. The molecule has 2 aromatic carbocycles. The van der Waals surface area contributed by atoms with Crippen LogP contribution < -0.4 is 10.2 Å². The Bertz CT molecular complexity index is 774. The van der Waals surface area contributed by atoms with E-state index in [0.29, 0.717) is 12.8 Å². The van der Waals surface area contributed by atoms with Crippen molar-refractivity contribution in [2.45, 2.75) is 50.7 Å². The summed E-state index contributed by atoms with van der Waals surface area (Å²) in [5.74, 6) is -2.59. The van der Waals surface area contributed by atoms with Crippen molar-refractivity contribution in [1.82, 2.24) is 0 Å². The summed E-state index contributed by atoms with van der Waals surface area (Å²) in [5.41, 5.74) is -0.174. The quantitative estimate of drug-likeness (QED) is 0.725. The van der Waals surface area contributed by atoms with Crippen LogP contribution in [0.3, 0.4) is 0 Å². The molecule has 1 saturated heterocycles. The highest BCUT2D eigenvalue weighted by Crippen LogP contribution is 2.57. The Morgan fingerprint density at radius 2 is 1.48 bits per heavy atom. The van der Waals surface area contributed by atoms with Crippen LogP contribution in [0, 0.1) is 0 Å². The molecule has 5 heteroatoms. The van der Waals surface area contributed by atoms with Gasteiger partial charge in [-0.25, -0.2) is 0 Å². The molecule has 27 heavy (non-hydrogen) atoms. The molecule has 3 atom stereocenters. The van der Waals surface area contributed by atoms with E-state index < -0.39 is 29.1 Å². The van der Waals surface area contributed by atoms with Crippen LogP contribution in [0.25, 0.3) is 0 Å². The summed E-state index contributed by atoms with van der Waals surface area (Å²) in [5, 5.41) is 21.7. The first kappa shape index (κ1) is 20.6. The van der Waals surface area contributed by atoms with Crippen molar-refractivity contribution in [2.75, 3.05) is 0 Å². The van der Waals surface area contributed by atoms with Crippen molar-refractivity contribution < 1.29 is 24.5 Å². The third kappa shape index (κ3) is 4.03. The number of carbonyl (C=O) groups excluding carboxylic acids is 2. The Morgan fingerprint density at radius 3 is 1.85 bits per heavy atom. The SMILES string of the molecule is CCC(C(=O)[O-])c1ccccc1.CCC1(C(=O)[O-])OC1(C)c1ccccc1. The Kier molecular flexibility index (Phi) is 6.39. The Hall–Kier alpha value is -2.66. The first-order chi connectivity index (χ1) is 12.8. The van der Waals surface area contributed by atoms with Crippen LogP contribution in [0.2, 0.25) is 0 Å². The number of epoxide rings is 1. The molecule has 0 amide bonds. The molecular weight excluding hydrogens is 344 g/mol. The lowest BCUT2D eigenvalue weighted by Gasteiger charge is -2.16. The van der Waals surface area contributed by atoms with Crippen LogP contribution in [-0.2, 0) is 19.9 Å². The monoisotopic (exact) mass is 368 g/mol. The molecule has 0 aliphatic carbocycles. The topological polar surface area (TPSA) is 92.8 Å². The second-order valence-electron chi connectivity index (χ2n) is 6.66.